The fourth-order valence-corrected chi connectivity index (χ4v) is 4.04. The first-order valence-corrected chi connectivity index (χ1v) is 10.0. The second-order valence-electron chi connectivity index (χ2n) is 7.90. The zero-order valence-electron chi connectivity index (χ0n) is 16.4. The molecule has 5 rings (SSSR count). The summed E-state index contributed by atoms with van der Waals surface area (Å²) in [5, 5.41) is 13.2. The van der Waals surface area contributed by atoms with Crippen LogP contribution in [0, 0.1) is 5.92 Å². The van der Waals surface area contributed by atoms with Crippen LogP contribution in [0.2, 0.25) is 0 Å². The molecule has 2 aromatic heterocycles. The lowest BCUT2D eigenvalue weighted by Gasteiger charge is -2.41. The summed E-state index contributed by atoms with van der Waals surface area (Å²) in [6.07, 6.45) is 5.44. The molecule has 2 aliphatic rings. The molecule has 8 nitrogen and oxygen atoms in total. The molecular weight excluding hydrogens is 368 g/mol. The minimum atomic E-state index is 0.0377. The molecule has 0 unspecified atom stereocenters. The van der Waals surface area contributed by atoms with Gasteiger partial charge >= 0.3 is 0 Å². The quantitative estimate of drug-likeness (QED) is 0.732. The van der Waals surface area contributed by atoms with Crippen LogP contribution in [0.25, 0.3) is 22.0 Å². The number of rotatable bonds is 4. The van der Waals surface area contributed by atoms with Gasteiger partial charge in [0, 0.05) is 30.1 Å². The lowest BCUT2D eigenvalue weighted by atomic mass is 9.94. The third-order valence-electron chi connectivity index (χ3n) is 5.91. The van der Waals surface area contributed by atoms with Crippen LogP contribution < -0.4 is 5.32 Å². The van der Waals surface area contributed by atoms with E-state index in [1.54, 1.807) is 10.9 Å². The van der Waals surface area contributed by atoms with Crippen LogP contribution in [0.5, 0.6) is 0 Å². The molecule has 1 N–H and O–H groups in total. The number of carbonyl (C=O) groups is 1. The summed E-state index contributed by atoms with van der Waals surface area (Å²) in [7, 11) is 1.85. The molecule has 0 aliphatic carbocycles. The fraction of sp³-hybridized carbons (Fsp3) is 0.429. The minimum absolute atomic E-state index is 0.0377. The molecule has 8 heteroatoms. The van der Waals surface area contributed by atoms with Gasteiger partial charge in [0.05, 0.1) is 25.5 Å². The summed E-state index contributed by atoms with van der Waals surface area (Å²) in [5.41, 5.74) is 1.81. The number of fused-ring (bicyclic) bond motifs is 1. The zero-order chi connectivity index (χ0) is 19.8. The van der Waals surface area contributed by atoms with Crippen molar-refractivity contribution >= 4 is 22.5 Å². The molecular formula is C21H24N6O2. The van der Waals surface area contributed by atoms with Crippen molar-refractivity contribution in [3.63, 3.8) is 0 Å². The number of carbonyl (C=O) groups excluding carboxylic acids is 1. The van der Waals surface area contributed by atoms with Gasteiger partial charge in [-0.15, -0.1) is 5.10 Å². The summed E-state index contributed by atoms with van der Waals surface area (Å²) >= 11 is 0. The summed E-state index contributed by atoms with van der Waals surface area (Å²) in [6, 6.07) is 8.54. The average molecular weight is 392 g/mol. The van der Waals surface area contributed by atoms with Crippen molar-refractivity contribution in [1.82, 2.24) is 24.9 Å². The number of aryl methyl sites for hydroxylation is 1. The number of benzene rings is 1. The Labute approximate surface area is 168 Å². The first kappa shape index (κ1) is 18.2. The van der Waals surface area contributed by atoms with Gasteiger partial charge in [0.15, 0.2) is 0 Å². The van der Waals surface area contributed by atoms with Crippen molar-refractivity contribution in [2.45, 2.75) is 18.9 Å². The molecule has 3 aromatic rings. The Morgan fingerprint density at radius 2 is 2.00 bits per heavy atom. The van der Waals surface area contributed by atoms with Crippen molar-refractivity contribution < 1.29 is 9.53 Å². The molecule has 2 saturated heterocycles. The predicted molar refractivity (Wildman–Crippen MR) is 109 cm³/mol. The Hall–Kier alpha value is -2.84. The van der Waals surface area contributed by atoms with Gasteiger partial charge in [-0.2, -0.15) is 0 Å². The Morgan fingerprint density at radius 3 is 2.69 bits per heavy atom. The molecule has 29 heavy (non-hydrogen) atoms. The molecule has 0 atom stereocenters. The standard InChI is InChI=1S/C21H24N6O2/c1-26-11-19(24-25-26)15-2-3-16-10-22-20(9-17(16)8-15)23-21(28)14-4-6-27(7-5-14)18-12-29-13-18/h2-3,8-11,14,18H,4-7,12-13H2,1H3,(H,22,23,28). The Bertz CT molecular complexity index is 1040. The van der Waals surface area contributed by atoms with E-state index in [0.29, 0.717) is 11.9 Å². The maximum Gasteiger partial charge on any atom is 0.228 e. The molecule has 4 heterocycles. The number of hydrogen-bond acceptors (Lipinski definition) is 6. The van der Waals surface area contributed by atoms with E-state index in [1.165, 1.54) is 0 Å². The first-order chi connectivity index (χ1) is 14.2. The molecule has 0 saturated carbocycles. The van der Waals surface area contributed by atoms with Crippen molar-refractivity contribution in [1.29, 1.82) is 0 Å². The number of amides is 1. The monoisotopic (exact) mass is 392 g/mol. The topological polar surface area (TPSA) is 85.2 Å². The van der Waals surface area contributed by atoms with Crippen molar-refractivity contribution in [3.8, 4) is 11.3 Å². The highest BCUT2D eigenvalue weighted by atomic mass is 16.5. The second kappa shape index (κ2) is 7.53. The maximum atomic E-state index is 12.7. The average Bonchev–Trinajstić information content (AvgIpc) is 3.13. The second-order valence-corrected chi connectivity index (χ2v) is 7.90. The van der Waals surface area contributed by atoms with E-state index in [9.17, 15) is 4.79 Å². The van der Waals surface area contributed by atoms with Gasteiger partial charge < -0.3 is 10.1 Å². The number of hydrogen-bond donors (Lipinski definition) is 1. The number of piperidine rings is 1. The van der Waals surface area contributed by atoms with E-state index in [2.05, 4.69) is 31.6 Å². The summed E-state index contributed by atoms with van der Waals surface area (Å²) in [5.74, 6) is 0.690. The number of ether oxygens (including phenoxy) is 1. The number of nitrogens with zero attached hydrogens (tertiary/aromatic N) is 5. The van der Waals surface area contributed by atoms with E-state index in [0.717, 1.165) is 61.2 Å². The summed E-state index contributed by atoms with van der Waals surface area (Å²) < 4.78 is 6.96. The largest absolute Gasteiger partial charge is 0.378 e. The van der Waals surface area contributed by atoms with Crippen molar-refractivity contribution in [3.05, 3.63) is 36.7 Å². The molecule has 0 bridgehead atoms. The Morgan fingerprint density at radius 1 is 1.17 bits per heavy atom. The number of nitrogens with one attached hydrogen (secondary N) is 1. The van der Waals surface area contributed by atoms with Crippen LogP contribution in [-0.4, -0.2) is 63.1 Å². The molecule has 0 radical (unpaired) electrons. The molecule has 1 aromatic carbocycles. The van der Waals surface area contributed by atoms with Crippen LogP contribution in [0.3, 0.4) is 0 Å². The number of anilines is 1. The molecule has 2 fully saturated rings. The lowest BCUT2D eigenvalue weighted by molar-refractivity contribution is -0.123. The summed E-state index contributed by atoms with van der Waals surface area (Å²) in [4.78, 5) is 19.6. The van der Waals surface area contributed by atoms with Gasteiger partial charge in [-0.1, -0.05) is 17.3 Å². The third-order valence-corrected chi connectivity index (χ3v) is 5.91. The Kier molecular flexibility index (Phi) is 4.73. The molecule has 150 valence electrons. The van der Waals surface area contributed by atoms with Gasteiger partial charge in [-0.05, 0) is 43.5 Å². The number of aromatic nitrogens is 4. The van der Waals surface area contributed by atoms with E-state index in [1.807, 2.05) is 31.4 Å². The van der Waals surface area contributed by atoms with E-state index < -0.39 is 0 Å². The lowest BCUT2D eigenvalue weighted by Crippen LogP contribution is -2.52. The van der Waals surface area contributed by atoms with E-state index >= 15 is 0 Å². The van der Waals surface area contributed by atoms with Crippen LogP contribution in [0.15, 0.2) is 36.7 Å². The smallest absolute Gasteiger partial charge is 0.228 e. The molecule has 2 aliphatic heterocycles. The minimum Gasteiger partial charge on any atom is -0.378 e. The highest BCUT2D eigenvalue weighted by molar-refractivity contribution is 5.95. The van der Waals surface area contributed by atoms with Crippen molar-refractivity contribution in [2.24, 2.45) is 13.0 Å². The third kappa shape index (κ3) is 3.73. The molecule has 1 amide bonds. The normalized spacial score (nSPS) is 18.7. The van der Waals surface area contributed by atoms with Crippen LogP contribution >= 0.6 is 0 Å². The fourth-order valence-electron chi connectivity index (χ4n) is 4.04. The van der Waals surface area contributed by atoms with Gasteiger partial charge in [0.1, 0.15) is 11.5 Å². The Balaban J connectivity index is 1.28. The summed E-state index contributed by atoms with van der Waals surface area (Å²) in [6.45, 7) is 3.57. The highest BCUT2D eigenvalue weighted by Crippen LogP contribution is 2.26. The van der Waals surface area contributed by atoms with Crippen LogP contribution in [-0.2, 0) is 16.6 Å². The SMILES string of the molecule is Cn1cc(-c2ccc3cnc(NC(=O)C4CCN(C5COC5)CC4)cc3c2)nn1. The number of likely N-dealkylation sites (tertiary alicyclic amines) is 1. The highest BCUT2D eigenvalue weighted by Gasteiger charge is 2.32. The molecule has 0 spiro atoms. The predicted octanol–water partition coefficient (Wildman–Crippen LogP) is 2.08. The van der Waals surface area contributed by atoms with Gasteiger partial charge in [0.2, 0.25) is 5.91 Å². The van der Waals surface area contributed by atoms with Crippen LogP contribution in [0.4, 0.5) is 5.82 Å². The van der Waals surface area contributed by atoms with Crippen molar-refractivity contribution in [2.75, 3.05) is 31.6 Å². The first-order valence-electron chi connectivity index (χ1n) is 10.0. The van der Waals surface area contributed by atoms with Crippen LogP contribution in [0.1, 0.15) is 12.8 Å². The van der Waals surface area contributed by atoms with Gasteiger partial charge in [-0.25, -0.2) is 4.98 Å². The van der Waals surface area contributed by atoms with Gasteiger partial charge in [-0.3, -0.25) is 14.4 Å². The van der Waals surface area contributed by atoms with E-state index in [-0.39, 0.29) is 11.8 Å². The maximum absolute atomic E-state index is 12.7. The zero-order valence-corrected chi connectivity index (χ0v) is 16.4. The number of pyridine rings is 1. The van der Waals surface area contributed by atoms with Gasteiger partial charge in [0.25, 0.3) is 0 Å². The van der Waals surface area contributed by atoms with E-state index in [4.69, 9.17) is 4.74 Å².